The number of hydrogen-bond donors (Lipinski definition) is 2. The molecule has 0 radical (unpaired) electrons. The van der Waals surface area contributed by atoms with Crippen molar-refractivity contribution in [1.29, 1.82) is 0 Å². The molecule has 0 unspecified atom stereocenters. The van der Waals surface area contributed by atoms with Gasteiger partial charge in [-0.05, 0) is 69.9 Å². The Kier molecular flexibility index (Phi) is 5.23. The van der Waals surface area contributed by atoms with Gasteiger partial charge in [0.05, 0.1) is 0 Å². The molecule has 24 heavy (non-hydrogen) atoms. The molecule has 0 atom stereocenters. The lowest BCUT2D eigenvalue weighted by Gasteiger charge is -2.43. The molecule has 2 aliphatic heterocycles. The molecule has 138 valence electrons. The quantitative estimate of drug-likeness (QED) is 0.786. The van der Waals surface area contributed by atoms with Crippen molar-refractivity contribution in [3.8, 4) is 0 Å². The first kappa shape index (κ1) is 18.1. The van der Waals surface area contributed by atoms with Crippen molar-refractivity contribution < 1.29 is 17.9 Å². The lowest BCUT2D eigenvalue weighted by molar-refractivity contribution is -0.125. The van der Waals surface area contributed by atoms with E-state index in [1.54, 1.807) is 0 Å². The van der Waals surface area contributed by atoms with Gasteiger partial charge in [0.1, 0.15) is 0 Å². The number of nitrogens with one attached hydrogen (secondary N) is 2. The molecule has 1 spiro atoms. The summed E-state index contributed by atoms with van der Waals surface area (Å²) in [5.74, 6) is -0.278. The zero-order valence-corrected chi connectivity index (χ0v) is 15.4. The summed E-state index contributed by atoms with van der Waals surface area (Å²) in [4.78, 5) is 12.9. The summed E-state index contributed by atoms with van der Waals surface area (Å²) < 4.78 is 28.9. The van der Waals surface area contributed by atoms with Crippen LogP contribution in [-0.4, -0.2) is 57.7 Å². The Morgan fingerprint density at radius 3 is 2.17 bits per heavy atom. The van der Waals surface area contributed by atoms with Crippen molar-refractivity contribution in [1.82, 2.24) is 10.6 Å². The van der Waals surface area contributed by atoms with Crippen molar-refractivity contribution in [3.05, 3.63) is 0 Å². The number of ether oxygens (including phenoxy) is 1. The topological polar surface area (TPSA) is 84.5 Å². The zero-order valence-electron chi connectivity index (χ0n) is 14.6. The van der Waals surface area contributed by atoms with Crippen molar-refractivity contribution in [2.45, 2.75) is 62.2 Å². The molecule has 0 aromatic carbocycles. The summed E-state index contributed by atoms with van der Waals surface area (Å²) in [5.41, 5.74) is 0.392. The molecule has 1 saturated carbocycles. The molecule has 2 heterocycles. The summed E-state index contributed by atoms with van der Waals surface area (Å²) in [7, 11) is -3.43. The van der Waals surface area contributed by atoms with E-state index < -0.39 is 14.6 Å². The number of rotatable bonds is 3. The highest BCUT2D eigenvalue weighted by Gasteiger charge is 2.49. The Balaban J connectivity index is 1.62. The fourth-order valence-electron chi connectivity index (χ4n) is 4.59. The van der Waals surface area contributed by atoms with E-state index >= 15 is 0 Å². The van der Waals surface area contributed by atoms with Crippen LogP contribution in [-0.2, 0) is 19.4 Å². The van der Waals surface area contributed by atoms with Crippen molar-refractivity contribution in [2.24, 2.45) is 5.41 Å². The third-order valence-electron chi connectivity index (χ3n) is 6.47. The fraction of sp³-hybridized carbons (Fsp3) is 0.941. The molecule has 0 aromatic heterocycles. The van der Waals surface area contributed by atoms with Gasteiger partial charge in [-0.3, -0.25) is 4.79 Å². The van der Waals surface area contributed by atoms with Gasteiger partial charge in [-0.2, -0.15) is 0 Å². The first-order valence-corrected chi connectivity index (χ1v) is 11.1. The minimum atomic E-state index is -3.43. The zero-order chi connectivity index (χ0) is 17.3. The molecule has 2 saturated heterocycles. The molecule has 0 bridgehead atoms. The average molecular weight is 359 g/mol. The molecule has 3 fully saturated rings. The second-order valence-corrected chi connectivity index (χ2v) is 10.2. The largest absolute Gasteiger partial charge is 0.381 e. The average Bonchev–Trinajstić information content (AvgIpc) is 2.57. The molecule has 1 amide bonds. The van der Waals surface area contributed by atoms with Crippen molar-refractivity contribution >= 4 is 15.7 Å². The lowest BCUT2D eigenvalue weighted by atomic mass is 9.68. The normalized spacial score (nSPS) is 27.7. The predicted molar refractivity (Wildman–Crippen MR) is 92.6 cm³/mol. The monoisotopic (exact) mass is 358 g/mol. The second-order valence-electron chi connectivity index (χ2n) is 7.88. The van der Waals surface area contributed by atoms with Gasteiger partial charge >= 0.3 is 0 Å². The highest BCUT2D eigenvalue weighted by Crippen LogP contribution is 2.44. The Morgan fingerprint density at radius 2 is 1.62 bits per heavy atom. The fourth-order valence-corrected chi connectivity index (χ4v) is 5.93. The standard InChI is InChI=1S/C17H30N2O4S/c1-24(21,22)17(6-10-18-11-7-17)15(20)19-14-2-4-16(5-3-14)8-12-23-13-9-16/h14,18H,2-13H2,1H3,(H,19,20). The van der Waals surface area contributed by atoms with Gasteiger partial charge in [0.2, 0.25) is 5.91 Å². The van der Waals surface area contributed by atoms with Gasteiger partial charge in [-0.25, -0.2) is 8.42 Å². The number of carbonyl (C=O) groups excluding carboxylic acids is 1. The van der Waals surface area contributed by atoms with Crippen LogP contribution < -0.4 is 10.6 Å². The third kappa shape index (κ3) is 3.48. The maximum absolute atomic E-state index is 12.9. The SMILES string of the molecule is CS(=O)(=O)C1(C(=O)NC2CCC3(CCOCC3)CC2)CCNCC1. The van der Waals surface area contributed by atoms with Gasteiger partial charge in [0.15, 0.2) is 14.6 Å². The maximum atomic E-state index is 12.9. The summed E-state index contributed by atoms with van der Waals surface area (Å²) in [6.45, 7) is 2.85. The van der Waals surface area contributed by atoms with Gasteiger partial charge in [-0.15, -0.1) is 0 Å². The van der Waals surface area contributed by atoms with Crippen LogP contribution in [0.25, 0.3) is 0 Å². The van der Waals surface area contributed by atoms with Gasteiger partial charge < -0.3 is 15.4 Å². The maximum Gasteiger partial charge on any atom is 0.241 e. The Morgan fingerprint density at radius 1 is 1.04 bits per heavy atom. The van der Waals surface area contributed by atoms with Crippen LogP contribution in [0.2, 0.25) is 0 Å². The van der Waals surface area contributed by atoms with Crippen LogP contribution in [0.5, 0.6) is 0 Å². The highest BCUT2D eigenvalue weighted by molar-refractivity contribution is 7.92. The first-order chi connectivity index (χ1) is 11.4. The second kappa shape index (κ2) is 6.92. The molecule has 6 nitrogen and oxygen atoms in total. The van der Waals surface area contributed by atoms with E-state index in [-0.39, 0.29) is 11.9 Å². The molecule has 0 aromatic rings. The van der Waals surface area contributed by atoms with E-state index in [0.717, 1.165) is 51.7 Å². The smallest absolute Gasteiger partial charge is 0.241 e. The minimum Gasteiger partial charge on any atom is -0.381 e. The molecule has 3 aliphatic rings. The van der Waals surface area contributed by atoms with E-state index in [2.05, 4.69) is 10.6 Å². The van der Waals surface area contributed by atoms with E-state index in [9.17, 15) is 13.2 Å². The number of amides is 1. The van der Waals surface area contributed by atoms with E-state index in [1.807, 2.05) is 0 Å². The molecule has 3 rings (SSSR count). The van der Waals surface area contributed by atoms with E-state index in [4.69, 9.17) is 4.74 Å². The van der Waals surface area contributed by atoms with Crippen LogP contribution in [0.15, 0.2) is 0 Å². The van der Waals surface area contributed by atoms with Crippen molar-refractivity contribution in [3.63, 3.8) is 0 Å². The van der Waals surface area contributed by atoms with Crippen LogP contribution in [0.4, 0.5) is 0 Å². The molecule has 2 N–H and O–H groups in total. The van der Waals surface area contributed by atoms with Crippen molar-refractivity contribution in [2.75, 3.05) is 32.6 Å². The lowest BCUT2D eigenvalue weighted by Crippen LogP contribution is -2.59. The van der Waals surface area contributed by atoms with Crippen LogP contribution in [0.3, 0.4) is 0 Å². The molecule has 1 aliphatic carbocycles. The molecule has 7 heteroatoms. The van der Waals surface area contributed by atoms with Gasteiger partial charge in [-0.1, -0.05) is 0 Å². The Labute approximate surface area is 145 Å². The van der Waals surface area contributed by atoms with E-state index in [0.29, 0.717) is 31.3 Å². The van der Waals surface area contributed by atoms with Crippen LogP contribution in [0.1, 0.15) is 51.4 Å². The highest BCUT2D eigenvalue weighted by atomic mass is 32.2. The van der Waals surface area contributed by atoms with Crippen LogP contribution in [0, 0.1) is 5.41 Å². The minimum absolute atomic E-state index is 0.111. The van der Waals surface area contributed by atoms with Gasteiger partial charge in [0.25, 0.3) is 0 Å². The van der Waals surface area contributed by atoms with Gasteiger partial charge in [0, 0.05) is 25.5 Å². The summed E-state index contributed by atoms with van der Waals surface area (Å²) in [6.07, 6.45) is 8.28. The number of piperidine rings is 1. The first-order valence-electron chi connectivity index (χ1n) is 9.16. The molecular weight excluding hydrogens is 328 g/mol. The number of hydrogen-bond acceptors (Lipinski definition) is 5. The summed E-state index contributed by atoms with van der Waals surface area (Å²) >= 11 is 0. The van der Waals surface area contributed by atoms with Crippen LogP contribution >= 0.6 is 0 Å². The third-order valence-corrected chi connectivity index (χ3v) is 8.48. The van der Waals surface area contributed by atoms with E-state index in [1.165, 1.54) is 6.26 Å². The summed E-state index contributed by atoms with van der Waals surface area (Å²) in [5, 5.41) is 6.23. The number of sulfone groups is 1. The molecular formula is C17H30N2O4S. The Bertz CT molecular complexity index is 553. The predicted octanol–water partition coefficient (Wildman–Crippen LogP) is 1.01. The summed E-state index contributed by atoms with van der Waals surface area (Å²) in [6, 6.07) is 0.111. The Hall–Kier alpha value is -0.660. The number of carbonyl (C=O) groups is 1.